The second-order valence-electron chi connectivity index (χ2n) is 8.84. The minimum absolute atomic E-state index is 0.0212. The van der Waals surface area contributed by atoms with E-state index in [0.29, 0.717) is 18.0 Å². The zero-order valence-electron chi connectivity index (χ0n) is 17.7. The average molecular weight is 402 g/mol. The highest BCUT2D eigenvalue weighted by Crippen LogP contribution is 2.50. The van der Waals surface area contributed by atoms with Crippen LogP contribution in [0.4, 0.5) is 0 Å². The number of fused-ring (bicyclic) bond motifs is 1. The Balaban J connectivity index is 1.71. The molecule has 0 spiro atoms. The van der Waals surface area contributed by atoms with Crippen molar-refractivity contribution in [3.8, 4) is 6.07 Å². The molecule has 5 heteroatoms. The third-order valence-corrected chi connectivity index (χ3v) is 6.48. The first-order valence-electron chi connectivity index (χ1n) is 10.5. The van der Waals surface area contributed by atoms with Gasteiger partial charge in [0.05, 0.1) is 30.0 Å². The van der Waals surface area contributed by atoms with Crippen LogP contribution in [0.25, 0.3) is 0 Å². The smallest absolute Gasteiger partial charge is 0.235 e. The Hall–Kier alpha value is -2.97. The molecule has 4 rings (SSSR count). The van der Waals surface area contributed by atoms with Gasteiger partial charge in [-0.1, -0.05) is 56.3 Å². The van der Waals surface area contributed by atoms with Gasteiger partial charge >= 0.3 is 0 Å². The fourth-order valence-electron chi connectivity index (χ4n) is 5.14. The van der Waals surface area contributed by atoms with E-state index in [1.165, 1.54) is 4.90 Å². The summed E-state index contributed by atoms with van der Waals surface area (Å²) in [5.74, 6) is -0.426. The van der Waals surface area contributed by atoms with Crippen molar-refractivity contribution in [1.29, 1.82) is 5.26 Å². The Kier molecular flexibility index (Phi) is 5.44. The summed E-state index contributed by atoms with van der Waals surface area (Å²) in [6.45, 7) is 4.63. The number of carbonyl (C=O) groups is 2. The summed E-state index contributed by atoms with van der Waals surface area (Å²) in [6, 6.07) is 19.1. The van der Waals surface area contributed by atoms with Crippen molar-refractivity contribution < 1.29 is 9.59 Å². The van der Waals surface area contributed by atoms with Crippen LogP contribution in [0.15, 0.2) is 54.6 Å². The van der Waals surface area contributed by atoms with Crippen LogP contribution in [-0.2, 0) is 16.1 Å². The topological polar surface area (TPSA) is 64.4 Å². The molecule has 0 bridgehead atoms. The molecule has 2 aliphatic rings. The van der Waals surface area contributed by atoms with E-state index in [2.05, 4.69) is 24.8 Å². The van der Waals surface area contributed by atoms with Gasteiger partial charge in [-0.3, -0.25) is 19.4 Å². The summed E-state index contributed by atoms with van der Waals surface area (Å²) < 4.78 is 0. The Morgan fingerprint density at radius 2 is 1.60 bits per heavy atom. The van der Waals surface area contributed by atoms with Crippen LogP contribution in [-0.4, -0.2) is 34.7 Å². The molecular weight excluding hydrogens is 374 g/mol. The van der Waals surface area contributed by atoms with Crippen molar-refractivity contribution in [2.75, 3.05) is 7.05 Å². The van der Waals surface area contributed by atoms with E-state index in [-0.39, 0.29) is 35.7 Å². The minimum Gasteiger partial charge on any atom is -0.295 e. The molecule has 2 aromatic carbocycles. The van der Waals surface area contributed by atoms with E-state index in [0.717, 1.165) is 17.5 Å². The van der Waals surface area contributed by atoms with Crippen LogP contribution in [0.2, 0.25) is 0 Å². The van der Waals surface area contributed by atoms with Crippen LogP contribution < -0.4 is 0 Å². The maximum absolute atomic E-state index is 13.5. The summed E-state index contributed by atoms with van der Waals surface area (Å²) in [4.78, 5) is 30.6. The highest BCUT2D eigenvalue weighted by atomic mass is 16.2. The van der Waals surface area contributed by atoms with E-state index in [9.17, 15) is 9.59 Å². The number of benzene rings is 2. The highest BCUT2D eigenvalue weighted by molar-refractivity contribution is 6.06. The van der Waals surface area contributed by atoms with Crippen molar-refractivity contribution in [2.24, 2.45) is 17.8 Å². The number of hydrogen-bond donors (Lipinski definition) is 0. The van der Waals surface area contributed by atoms with E-state index in [1.54, 1.807) is 12.1 Å². The molecule has 0 radical (unpaired) electrons. The number of likely N-dealkylation sites (tertiary alicyclic amines) is 2. The number of imide groups is 1. The molecule has 2 aliphatic heterocycles. The molecule has 0 N–H and O–H groups in total. The van der Waals surface area contributed by atoms with Crippen molar-refractivity contribution in [3.63, 3.8) is 0 Å². The molecule has 0 aliphatic carbocycles. The third kappa shape index (κ3) is 3.42. The monoisotopic (exact) mass is 401 g/mol. The Bertz CT molecular complexity index is 978. The predicted octanol–water partition coefficient (Wildman–Crippen LogP) is 3.76. The average Bonchev–Trinajstić information content (AvgIpc) is 3.15. The number of nitriles is 1. The van der Waals surface area contributed by atoms with Gasteiger partial charge in [0.2, 0.25) is 11.8 Å². The summed E-state index contributed by atoms with van der Waals surface area (Å²) in [7, 11) is 2.02. The van der Waals surface area contributed by atoms with Gasteiger partial charge in [-0.15, -0.1) is 0 Å². The fourth-order valence-corrected chi connectivity index (χ4v) is 5.14. The number of nitrogens with zero attached hydrogens (tertiary/aromatic N) is 3. The molecule has 0 aromatic heterocycles. The lowest BCUT2D eigenvalue weighted by Gasteiger charge is -2.31. The van der Waals surface area contributed by atoms with E-state index in [4.69, 9.17) is 5.26 Å². The number of rotatable bonds is 5. The van der Waals surface area contributed by atoms with Gasteiger partial charge in [0.1, 0.15) is 0 Å². The second kappa shape index (κ2) is 8.04. The molecule has 2 aromatic rings. The van der Waals surface area contributed by atoms with Crippen molar-refractivity contribution in [3.05, 3.63) is 71.3 Å². The molecule has 5 nitrogen and oxygen atoms in total. The summed E-state index contributed by atoms with van der Waals surface area (Å²) >= 11 is 0. The first kappa shape index (κ1) is 20.3. The maximum Gasteiger partial charge on any atom is 0.235 e. The van der Waals surface area contributed by atoms with Crippen LogP contribution >= 0.6 is 0 Å². The maximum atomic E-state index is 13.5. The largest absolute Gasteiger partial charge is 0.295 e. The quantitative estimate of drug-likeness (QED) is 0.716. The zero-order chi connectivity index (χ0) is 21.4. The van der Waals surface area contributed by atoms with Crippen LogP contribution in [0.1, 0.15) is 43.0 Å². The Labute approximate surface area is 177 Å². The van der Waals surface area contributed by atoms with Crippen LogP contribution in [0, 0.1) is 29.1 Å². The van der Waals surface area contributed by atoms with Crippen LogP contribution in [0.5, 0.6) is 0 Å². The molecule has 30 heavy (non-hydrogen) atoms. The van der Waals surface area contributed by atoms with Gasteiger partial charge in [0, 0.05) is 12.1 Å². The molecule has 2 heterocycles. The second-order valence-corrected chi connectivity index (χ2v) is 8.84. The predicted molar refractivity (Wildman–Crippen MR) is 114 cm³/mol. The van der Waals surface area contributed by atoms with E-state index >= 15 is 0 Å². The molecule has 2 saturated heterocycles. The zero-order valence-corrected chi connectivity index (χ0v) is 17.7. The van der Waals surface area contributed by atoms with Crippen LogP contribution in [0.3, 0.4) is 0 Å². The lowest BCUT2D eigenvalue weighted by molar-refractivity contribution is -0.142. The summed E-state index contributed by atoms with van der Waals surface area (Å²) in [6.07, 6.45) is 0.864. The molecule has 2 fully saturated rings. The lowest BCUT2D eigenvalue weighted by Crippen LogP contribution is -2.40. The van der Waals surface area contributed by atoms with E-state index in [1.807, 2.05) is 49.5 Å². The number of carbonyl (C=O) groups excluding carboxylic acids is 2. The number of amides is 2. The van der Waals surface area contributed by atoms with Gasteiger partial charge in [0.15, 0.2) is 0 Å². The minimum atomic E-state index is -0.386. The standard InChI is InChI=1S/C25H27N3O2/c1-16(2)13-20-21-22(23(27(20)3)19-11-9-17(14-26)10-12-19)25(30)28(24(21)29)15-18-7-5-4-6-8-18/h4-12,16,20-23H,13,15H2,1-3H3. The molecule has 4 atom stereocenters. The first-order valence-corrected chi connectivity index (χ1v) is 10.5. The Morgan fingerprint density at radius 3 is 2.20 bits per heavy atom. The van der Waals surface area contributed by atoms with Crippen molar-refractivity contribution in [2.45, 2.75) is 38.9 Å². The molecular formula is C25H27N3O2. The van der Waals surface area contributed by atoms with Gasteiger partial charge < -0.3 is 0 Å². The third-order valence-electron chi connectivity index (χ3n) is 6.48. The van der Waals surface area contributed by atoms with Crippen molar-refractivity contribution in [1.82, 2.24) is 9.80 Å². The summed E-state index contributed by atoms with van der Waals surface area (Å²) in [5.41, 5.74) is 2.54. The highest BCUT2D eigenvalue weighted by Gasteiger charge is 2.61. The van der Waals surface area contributed by atoms with E-state index < -0.39 is 0 Å². The summed E-state index contributed by atoms with van der Waals surface area (Å²) in [5, 5.41) is 9.12. The van der Waals surface area contributed by atoms with Gasteiger partial charge in [-0.05, 0) is 42.6 Å². The lowest BCUT2D eigenvalue weighted by atomic mass is 9.84. The normalized spacial score (nSPS) is 26.3. The van der Waals surface area contributed by atoms with Crippen molar-refractivity contribution >= 4 is 11.8 Å². The van der Waals surface area contributed by atoms with Gasteiger partial charge in [-0.25, -0.2) is 0 Å². The molecule has 0 saturated carbocycles. The van der Waals surface area contributed by atoms with Gasteiger partial charge in [0.25, 0.3) is 0 Å². The Morgan fingerprint density at radius 1 is 0.967 bits per heavy atom. The van der Waals surface area contributed by atoms with Gasteiger partial charge in [-0.2, -0.15) is 5.26 Å². The number of hydrogen-bond acceptors (Lipinski definition) is 4. The SMILES string of the molecule is CC(C)CC1C2C(=O)N(Cc3ccccc3)C(=O)C2C(c2ccc(C#N)cc2)N1C. The fraction of sp³-hybridized carbons (Fsp3) is 0.400. The molecule has 2 amide bonds. The first-order chi connectivity index (χ1) is 14.4. The molecule has 4 unspecified atom stereocenters. The molecule has 154 valence electrons.